The molecule has 4 nitrogen and oxygen atoms in total. The van der Waals surface area contributed by atoms with Gasteiger partial charge in [0.15, 0.2) is 0 Å². The summed E-state index contributed by atoms with van der Waals surface area (Å²) < 4.78 is 18.3. The van der Waals surface area contributed by atoms with Crippen molar-refractivity contribution in [3.63, 3.8) is 0 Å². The molecule has 0 aliphatic rings. The Hall–Kier alpha value is -1.75. The molecule has 0 unspecified atom stereocenters. The third-order valence-electron chi connectivity index (χ3n) is 2.65. The fourth-order valence-electron chi connectivity index (χ4n) is 1.63. The second-order valence-corrected chi connectivity index (χ2v) is 4.08. The SMILES string of the molecule is CCNCCc1nc(-c2ccc(F)c(C)c2)no1. The fourth-order valence-corrected chi connectivity index (χ4v) is 1.63. The highest BCUT2D eigenvalue weighted by atomic mass is 19.1. The smallest absolute Gasteiger partial charge is 0.228 e. The molecule has 0 fully saturated rings. The molecule has 1 N–H and O–H groups in total. The van der Waals surface area contributed by atoms with Crippen LogP contribution < -0.4 is 5.32 Å². The Bertz CT molecular complexity index is 525. The van der Waals surface area contributed by atoms with Crippen LogP contribution in [0.2, 0.25) is 0 Å². The third kappa shape index (κ3) is 2.92. The first-order valence-electron chi connectivity index (χ1n) is 6.00. The molecular weight excluding hydrogens is 233 g/mol. The number of hydrogen-bond acceptors (Lipinski definition) is 4. The number of likely N-dealkylation sites (N-methyl/N-ethyl adjacent to an activating group) is 1. The van der Waals surface area contributed by atoms with Gasteiger partial charge in [-0.15, -0.1) is 0 Å². The minimum absolute atomic E-state index is 0.227. The number of rotatable bonds is 5. The van der Waals surface area contributed by atoms with E-state index in [-0.39, 0.29) is 5.82 Å². The number of aromatic nitrogens is 2. The Labute approximate surface area is 105 Å². The molecule has 0 atom stereocenters. The first kappa shape index (κ1) is 12.7. The van der Waals surface area contributed by atoms with Crippen LogP contribution in [0.3, 0.4) is 0 Å². The van der Waals surface area contributed by atoms with Crippen LogP contribution in [0.4, 0.5) is 4.39 Å². The molecular formula is C13H16FN3O. The van der Waals surface area contributed by atoms with Gasteiger partial charge in [0.25, 0.3) is 0 Å². The lowest BCUT2D eigenvalue weighted by molar-refractivity contribution is 0.377. The average Bonchev–Trinajstić information content (AvgIpc) is 2.82. The average molecular weight is 249 g/mol. The van der Waals surface area contributed by atoms with E-state index in [9.17, 15) is 4.39 Å². The molecule has 0 radical (unpaired) electrons. The van der Waals surface area contributed by atoms with Crippen LogP contribution in [0, 0.1) is 12.7 Å². The zero-order chi connectivity index (χ0) is 13.0. The Morgan fingerprint density at radius 2 is 2.22 bits per heavy atom. The van der Waals surface area contributed by atoms with Gasteiger partial charge < -0.3 is 9.84 Å². The van der Waals surface area contributed by atoms with Crippen molar-refractivity contribution in [3.8, 4) is 11.4 Å². The molecule has 0 spiro atoms. The number of hydrogen-bond donors (Lipinski definition) is 1. The lowest BCUT2D eigenvalue weighted by Crippen LogP contribution is -2.16. The molecule has 0 aliphatic carbocycles. The second-order valence-electron chi connectivity index (χ2n) is 4.08. The highest BCUT2D eigenvalue weighted by molar-refractivity contribution is 5.55. The summed E-state index contributed by atoms with van der Waals surface area (Å²) in [6.07, 6.45) is 0.695. The van der Waals surface area contributed by atoms with Crippen LogP contribution in [-0.4, -0.2) is 23.2 Å². The number of aryl methyl sites for hydroxylation is 1. The summed E-state index contributed by atoms with van der Waals surface area (Å²) in [7, 11) is 0. The number of nitrogens with zero attached hydrogens (tertiary/aromatic N) is 2. The maximum atomic E-state index is 13.2. The van der Waals surface area contributed by atoms with Gasteiger partial charge in [-0.05, 0) is 37.2 Å². The lowest BCUT2D eigenvalue weighted by atomic mass is 10.1. The summed E-state index contributed by atoms with van der Waals surface area (Å²) in [6.45, 7) is 5.48. The maximum Gasteiger partial charge on any atom is 0.228 e. The van der Waals surface area contributed by atoms with Crippen molar-refractivity contribution in [2.24, 2.45) is 0 Å². The molecule has 1 aromatic heterocycles. The predicted molar refractivity (Wildman–Crippen MR) is 66.7 cm³/mol. The minimum Gasteiger partial charge on any atom is -0.339 e. The Morgan fingerprint density at radius 3 is 2.94 bits per heavy atom. The van der Waals surface area contributed by atoms with E-state index in [1.54, 1.807) is 19.1 Å². The van der Waals surface area contributed by atoms with E-state index in [2.05, 4.69) is 15.5 Å². The number of benzene rings is 1. The van der Waals surface area contributed by atoms with Crippen molar-refractivity contribution in [3.05, 3.63) is 35.5 Å². The van der Waals surface area contributed by atoms with Crippen molar-refractivity contribution in [2.45, 2.75) is 20.3 Å². The van der Waals surface area contributed by atoms with Gasteiger partial charge in [0.1, 0.15) is 5.82 Å². The van der Waals surface area contributed by atoms with Gasteiger partial charge in [0, 0.05) is 18.5 Å². The van der Waals surface area contributed by atoms with Crippen LogP contribution >= 0.6 is 0 Å². The van der Waals surface area contributed by atoms with Gasteiger partial charge in [-0.3, -0.25) is 0 Å². The van der Waals surface area contributed by atoms with Gasteiger partial charge in [0.05, 0.1) is 0 Å². The van der Waals surface area contributed by atoms with Crippen molar-refractivity contribution in [1.82, 2.24) is 15.5 Å². The highest BCUT2D eigenvalue weighted by Gasteiger charge is 2.09. The van der Waals surface area contributed by atoms with E-state index in [0.717, 1.165) is 18.7 Å². The molecule has 5 heteroatoms. The lowest BCUT2D eigenvalue weighted by Gasteiger charge is -1.98. The summed E-state index contributed by atoms with van der Waals surface area (Å²) in [5.74, 6) is 0.868. The van der Waals surface area contributed by atoms with Gasteiger partial charge in [0.2, 0.25) is 11.7 Å². The van der Waals surface area contributed by atoms with E-state index >= 15 is 0 Å². The van der Waals surface area contributed by atoms with E-state index in [1.807, 2.05) is 6.92 Å². The van der Waals surface area contributed by atoms with Gasteiger partial charge in [-0.2, -0.15) is 4.98 Å². The minimum atomic E-state index is -0.227. The quantitative estimate of drug-likeness (QED) is 0.826. The van der Waals surface area contributed by atoms with Crippen LogP contribution in [0.1, 0.15) is 18.4 Å². The number of halogens is 1. The summed E-state index contributed by atoms with van der Waals surface area (Å²) in [6, 6.07) is 4.79. The molecule has 1 heterocycles. The van der Waals surface area contributed by atoms with Crippen LogP contribution in [0.25, 0.3) is 11.4 Å². The first-order valence-corrected chi connectivity index (χ1v) is 6.00. The van der Waals surface area contributed by atoms with E-state index in [1.165, 1.54) is 6.07 Å². The summed E-state index contributed by atoms with van der Waals surface area (Å²) in [4.78, 5) is 4.28. The molecule has 0 bridgehead atoms. The summed E-state index contributed by atoms with van der Waals surface area (Å²) in [5.41, 5.74) is 1.35. The fraction of sp³-hybridized carbons (Fsp3) is 0.385. The number of nitrogens with one attached hydrogen (secondary N) is 1. The van der Waals surface area contributed by atoms with E-state index < -0.39 is 0 Å². The molecule has 18 heavy (non-hydrogen) atoms. The van der Waals surface area contributed by atoms with Crippen LogP contribution in [0.5, 0.6) is 0 Å². The molecule has 96 valence electrons. The van der Waals surface area contributed by atoms with Crippen LogP contribution in [0.15, 0.2) is 22.7 Å². The highest BCUT2D eigenvalue weighted by Crippen LogP contribution is 2.19. The zero-order valence-corrected chi connectivity index (χ0v) is 10.5. The maximum absolute atomic E-state index is 13.2. The van der Waals surface area contributed by atoms with Crippen LogP contribution in [-0.2, 0) is 6.42 Å². The van der Waals surface area contributed by atoms with E-state index in [4.69, 9.17) is 4.52 Å². The summed E-state index contributed by atoms with van der Waals surface area (Å²) in [5, 5.41) is 7.08. The second kappa shape index (κ2) is 5.73. The largest absolute Gasteiger partial charge is 0.339 e. The van der Waals surface area contributed by atoms with Crippen molar-refractivity contribution in [1.29, 1.82) is 0 Å². The molecule has 1 aromatic carbocycles. The van der Waals surface area contributed by atoms with Crippen molar-refractivity contribution in [2.75, 3.05) is 13.1 Å². The monoisotopic (exact) mass is 249 g/mol. The predicted octanol–water partition coefficient (Wildman–Crippen LogP) is 2.34. The topological polar surface area (TPSA) is 51.0 Å². The van der Waals surface area contributed by atoms with Gasteiger partial charge >= 0.3 is 0 Å². The normalized spacial score (nSPS) is 10.8. The molecule has 0 saturated heterocycles. The Kier molecular flexibility index (Phi) is 4.04. The molecule has 0 aliphatic heterocycles. The standard InChI is InChI=1S/C13H16FN3O/c1-3-15-7-6-12-16-13(17-18-12)10-4-5-11(14)9(2)8-10/h4-5,8,15H,3,6-7H2,1-2H3. The van der Waals surface area contributed by atoms with Crippen molar-refractivity contribution >= 4 is 0 Å². The molecule has 0 amide bonds. The summed E-state index contributed by atoms with van der Waals surface area (Å²) >= 11 is 0. The molecule has 2 rings (SSSR count). The third-order valence-corrected chi connectivity index (χ3v) is 2.65. The Balaban J connectivity index is 2.11. The molecule has 0 saturated carbocycles. The molecule has 2 aromatic rings. The first-order chi connectivity index (χ1) is 8.70. The van der Waals surface area contributed by atoms with E-state index in [0.29, 0.717) is 23.7 Å². The van der Waals surface area contributed by atoms with Gasteiger partial charge in [-0.1, -0.05) is 12.1 Å². The van der Waals surface area contributed by atoms with Gasteiger partial charge in [-0.25, -0.2) is 4.39 Å². The van der Waals surface area contributed by atoms with Crippen molar-refractivity contribution < 1.29 is 8.91 Å². The Morgan fingerprint density at radius 1 is 1.39 bits per heavy atom. The zero-order valence-electron chi connectivity index (χ0n) is 10.5.